The van der Waals surface area contributed by atoms with E-state index in [2.05, 4.69) is 53.5 Å². The van der Waals surface area contributed by atoms with Crippen molar-refractivity contribution in [2.75, 3.05) is 0 Å². The van der Waals surface area contributed by atoms with Crippen LogP contribution in [0.3, 0.4) is 0 Å². The lowest BCUT2D eigenvalue weighted by molar-refractivity contribution is 0.419. The van der Waals surface area contributed by atoms with E-state index in [0.717, 1.165) is 5.56 Å². The van der Waals surface area contributed by atoms with Gasteiger partial charge in [-0.1, -0.05) is 59.3 Å². The quantitative estimate of drug-likeness (QED) is 0.680. The van der Waals surface area contributed by atoms with Gasteiger partial charge in [-0.2, -0.15) is 4.98 Å². The molecule has 3 nitrogen and oxygen atoms in total. The summed E-state index contributed by atoms with van der Waals surface area (Å²) in [6.07, 6.45) is 1.34. The molecule has 0 saturated carbocycles. The van der Waals surface area contributed by atoms with Crippen molar-refractivity contribution in [1.82, 2.24) is 10.1 Å². The molecular weight excluding hydrogens is 224 g/mol. The molecule has 0 unspecified atom stereocenters. The molecule has 0 amide bonds. The zero-order valence-corrected chi connectivity index (χ0v) is 10.00. The van der Waals surface area contributed by atoms with Crippen LogP contribution in [-0.4, -0.2) is 10.1 Å². The second kappa shape index (κ2) is 4.45. The van der Waals surface area contributed by atoms with E-state index in [1.807, 2.05) is 12.1 Å². The molecule has 0 radical (unpaired) electrons. The Labute approximate surface area is 105 Å². The fourth-order valence-electron chi connectivity index (χ4n) is 1.86. The van der Waals surface area contributed by atoms with Crippen LogP contribution in [0.25, 0.3) is 22.5 Å². The van der Waals surface area contributed by atoms with Crippen LogP contribution < -0.4 is 0 Å². The second-order valence-corrected chi connectivity index (χ2v) is 4.20. The summed E-state index contributed by atoms with van der Waals surface area (Å²) in [6.45, 7) is 2.09. The standard InChI is InChI=1S/C15H12N2O/c1-11-2-4-12(5-3-11)13-6-8-14(9-7-13)15-16-10-18-17-15/h2-10H,1H3. The lowest BCUT2D eigenvalue weighted by atomic mass is 10.0. The van der Waals surface area contributed by atoms with E-state index in [9.17, 15) is 0 Å². The van der Waals surface area contributed by atoms with E-state index in [0.29, 0.717) is 5.82 Å². The summed E-state index contributed by atoms with van der Waals surface area (Å²) in [4.78, 5) is 4.02. The molecule has 18 heavy (non-hydrogen) atoms. The molecule has 1 aromatic heterocycles. The number of nitrogens with zero attached hydrogens (tertiary/aromatic N) is 2. The van der Waals surface area contributed by atoms with E-state index in [1.165, 1.54) is 23.1 Å². The van der Waals surface area contributed by atoms with Crippen LogP contribution in [0.15, 0.2) is 59.4 Å². The van der Waals surface area contributed by atoms with Gasteiger partial charge in [-0.25, -0.2) is 0 Å². The first kappa shape index (κ1) is 10.7. The normalized spacial score (nSPS) is 10.5. The van der Waals surface area contributed by atoms with Gasteiger partial charge in [0.05, 0.1) is 0 Å². The van der Waals surface area contributed by atoms with E-state index in [-0.39, 0.29) is 0 Å². The third-order valence-electron chi connectivity index (χ3n) is 2.89. The van der Waals surface area contributed by atoms with Crippen molar-refractivity contribution >= 4 is 0 Å². The van der Waals surface area contributed by atoms with Gasteiger partial charge in [0.2, 0.25) is 12.2 Å². The van der Waals surface area contributed by atoms with Gasteiger partial charge in [-0.3, -0.25) is 0 Å². The zero-order valence-electron chi connectivity index (χ0n) is 10.00. The molecule has 3 heteroatoms. The van der Waals surface area contributed by atoms with Crippen molar-refractivity contribution < 1.29 is 4.52 Å². The Morgan fingerprint density at radius 1 is 0.778 bits per heavy atom. The first-order valence-corrected chi connectivity index (χ1v) is 5.77. The van der Waals surface area contributed by atoms with Crippen LogP contribution in [0.5, 0.6) is 0 Å². The molecule has 0 bridgehead atoms. The van der Waals surface area contributed by atoms with Crippen molar-refractivity contribution in [3.05, 3.63) is 60.5 Å². The Morgan fingerprint density at radius 3 is 1.89 bits per heavy atom. The zero-order chi connectivity index (χ0) is 12.4. The average molecular weight is 236 g/mol. The van der Waals surface area contributed by atoms with Crippen LogP contribution >= 0.6 is 0 Å². The Morgan fingerprint density at radius 2 is 1.33 bits per heavy atom. The number of hydrogen-bond acceptors (Lipinski definition) is 3. The maximum atomic E-state index is 4.74. The molecule has 0 spiro atoms. The molecular formula is C15H12N2O. The minimum atomic E-state index is 0.616. The summed E-state index contributed by atoms with van der Waals surface area (Å²) >= 11 is 0. The first-order chi connectivity index (χ1) is 8.83. The Bertz CT molecular complexity index is 625. The number of hydrogen-bond donors (Lipinski definition) is 0. The summed E-state index contributed by atoms with van der Waals surface area (Å²) in [7, 11) is 0. The van der Waals surface area contributed by atoms with E-state index < -0.39 is 0 Å². The fraction of sp³-hybridized carbons (Fsp3) is 0.0667. The molecule has 0 aliphatic heterocycles. The third kappa shape index (κ3) is 2.02. The molecule has 88 valence electrons. The van der Waals surface area contributed by atoms with Crippen LogP contribution in [0.4, 0.5) is 0 Å². The average Bonchev–Trinajstić information content (AvgIpc) is 2.94. The highest BCUT2D eigenvalue weighted by atomic mass is 16.5. The van der Waals surface area contributed by atoms with Gasteiger partial charge in [-0.15, -0.1) is 0 Å². The van der Waals surface area contributed by atoms with Crippen molar-refractivity contribution in [1.29, 1.82) is 0 Å². The van der Waals surface area contributed by atoms with Crippen molar-refractivity contribution in [2.24, 2.45) is 0 Å². The molecule has 0 fully saturated rings. The summed E-state index contributed by atoms with van der Waals surface area (Å²) in [5.41, 5.74) is 4.62. The van der Waals surface area contributed by atoms with Gasteiger partial charge in [0, 0.05) is 5.56 Å². The molecule has 0 saturated heterocycles. The minimum Gasteiger partial charge on any atom is -0.342 e. The molecule has 0 atom stereocenters. The Hall–Kier alpha value is -2.42. The Balaban J connectivity index is 1.94. The summed E-state index contributed by atoms with van der Waals surface area (Å²) < 4.78 is 4.74. The van der Waals surface area contributed by atoms with Gasteiger partial charge in [0.1, 0.15) is 0 Å². The predicted molar refractivity (Wildman–Crippen MR) is 69.9 cm³/mol. The smallest absolute Gasteiger partial charge is 0.214 e. The first-order valence-electron chi connectivity index (χ1n) is 5.77. The fourth-order valence-corrected chi connectivity index (χ4v) is 1.86. The highest BCUT2D eigenvalue weighted by Gasteiger charge is 2.03. The maximum absolute atomic E-state index is 4.74. The minimum absolute atomic E-state index is 0.616. The van der Waals surface area contributed by atoms with Gasteiger partial charge in [-0.05, 0) is 18.1 Å². The maximum Gasteiger partial charge on any atom is 0.214 e. The number of rotatable bonds is 2. The molecule has 2 aromatic carbocycles. The van der Waals surface area contributed by atoms with E-state index >= 15 is 0 Å². The molecule has 0 N–H and O–H groups in total. The van der Waals surface area contributed by atoms with E-state index in [4.69, 9.17) is 4.52 Å². The third-order valence-corrected chi connectivity index (χ3v) is 2.89. The number of aromatic nitrogens is 2. The summed E-state index contributed by atoms with van der Waals surface area (Å²) in [5.74, 6) is 0.616. The Kier molecular flexibility index (Phi) is 2.65. The topological polar surface area (TPSA) is 38.9 Å². The van der Waals surface area contributed by atoms with Crippen molar-refractivity contribution in [2.45, 2.75) is 6.92 Å². The molecule has 3 aromatic rings. The molecule has 0 aliphatic rings. The van der Waals surface area contributed by atoms with Crippen LogP contribution in [0.2, 0.25) is 0 Å². The second-order valence-electron chi connectivity index (χ2n) is 4.20. The largest absolute Gasteiger partial charge is 0.342 e. The van der Waals surface area contributed by atoms with Crippen LogP contribution in [0.1, 0.15) is 5.56 Å². The van der Waals surface area contributed by atoms with Gasteiger partial charge in [0.25, 0.3) is 0 Å². The van der Waals surface area contributed by atoms with Gasteiger partial charge >= 0.3 is 0 Å². The molecule has 3 rings (SSSR count). The van der Waals surface area contributed by atoms with E-state index in [1.54, 1.807) is 0 Å². The highest BCUT2D eigenvalue weighted by Crippen LogP contribution is 2.23. The van der Waals surface area contributed by atoms with Crippen LogP contribution in [-0.2, 0) is 0 Å². The van der Waals surface area contributed by atoms with Crippen LogP contribution in [0, 0.1) is 6.92 Å². The number of aryl methyl sites for hydroxylation is 1. The molecule has 1 heterocycles. The number of benzene rings is 2. The van der Waals surface area contributed by atoms with Gasteiger partial charge < -0.3 is 4.52 Å². The lowest BCUT2D eigenvalue weighted by Gasteiger charge is -2.03. The highest BCUT2D eigenvalue weighted by molar-refractivity contribution is 5.67. The monoisotopic (exact) mass is 236 g/mol. The summed E-state index contributed by atoms with van der Waals surface area (Å²) in [5, 5.41) is 3.81. The lowest BCUT2D eigenvalue weighted by Crippen LogP contribution is -1.82. The van der Waals surface area contributed by atoms with Crippen molar-refractivity contribution in [3.8, 4) is 22.5 Å². The van der Waals surface area contributed by atoms with Crippen molar-refractivity contribution in [3.63, 3.8) is 0 Å². The summed E-state index contributed by atoms with van der Waals surface area (Å²) in [6, 6.07) is 16.6. The SMILES string of the molecule is Cc1ccc(-c2ccc(-c3ncon3)cc2)cc1. The van der Waals surface area contributed by atoms with Gasteiger partial charge in [0.15, 0.2) is 0 Å². The molecule has 0 aliphatic carbocycles. The predicted octanol–water partition coefficient (Wildman–Crippen LogP) is 3.71.